The number of benzene rings is 1. The van der Waals surface area contributed by atoms with Crippen LogP contribution in [-0.4, -0.2) is 39.7 Å². The lowest BCUT2D eigenvalue weighted by Gasteiger charge is -2.06. The molecule has 2 N–H and O–H groups in total. The molecule has 0 unspecified atom stereocenters. The first-order valence-corrected chi connectivity index (χ1v) is 5.72. The van der Waals surface area contributed by atoms with E-state index in [1.54, 1.807) is 19.2 Å². The highest BCUT2D eigenvalue weighted by atomic mass is 16.5. The van der Waals surface area contributed by atoms with Gasteiger partial charge in [-0.1, -0.05) is 0 Å². The Hall–Kier alpha value is -2.34. The largest absolute Gasteiger partial charge is 0.497 e. The molecule has 0 bridgehead atoms. The lowest BCUT2D eigenvalue weighted by atomic mass is 10.1. The highest BCUT2D eigenvalue weighted by Gasteiger charge is 2.14. The fourth-order valence-electron chi connectivity index (χ4n) is 1.78. The summed E-state index contributed by atoms with van der Waals surface area (Å²) in [4.78, 5) is 10.9. The lowest BCUT2D eigenvalue weighted by Crippen LogP contribution is -2.07. The van der Waals surface area contributed by atoms with Crippen LogP contribution in [0.2, 0.25) is 0 Å². The molecular weight excluding hydrogens is 248 g/mol. The number of carbonyl (C=O) groups is 1. The van der Waals surface area contributed by atoms with Gasteiger partial charge in [-0.05, 0) is 30.3 Å². The molecule has 0 saturated carbocycles. The van der Waals surface area contributed by atoms with E-state index in [0.717, 1.165) is 11.3 Å². The Bertz CT molecular complexity index is 575. The number of aromatic carboxylic acids is 1. The van der Waals surface area contributed by atoms with Crippen LogP contribution < -0.4 is 4.74 Å². The number of hydrogen-bond donors (Lipinski definition) is 2. The van der Waals surface area contributed by atoms with E-state index in [1.807, 2.05) is 12.1 Å². The lowest BCUT2D eigenvalue weighted by molar-refractivity contribution is 0.0689. The maximum absolute atomic E-state index is 10.9. The standard InChI is InChI=1S/C13H14N2O4/c1-19-10-4-2-9(3-5-10)12-8-11(13(17)18)14-15(12)6-7-16/h2-5,8,16H,6-7H2,1H3,(H,17,18). The quantitative estimate of drug-likeness (QED) is 0.847. The van der Waals surface area contributed by atoms with Crippen LogP contribution in [0.15, 0.2) is 30.3 Å². The molecule has 0 spiro atoms. The monoisotopic (exact) mass is 262 g/mol. The van der Waals surface area contributed by atoms with Crippen molar-refractivity contribution in [2.75, 3.05) is 13.7 Å². The fourth-order valence-corrected chi connectivity index (χ4v) is 1.78. The number of aromatic nitrogens is 2. The van der Waals surface area contributed by atoms with Crippen molar-refractivity contribution >= 4 is 5.97 Å². The molecule has 1 aromatic heterocycles. The Kier molecular flexibility index (Phi) is 3.82. The summed E-state index contributed by atoms with van der Waals surface area (Å²) >= 11 is 0. The molecule has 1 heterocycles. The average Bonchev–Trinajstić information content (AvgIpc) is 2.84. The number of methoxy groups -OCH3 is 1. The molecule has 6 heteroatoms. The summed E-state index contributed by atoms with van der Waals surface area (Å²) in [6.45, 7) is 0.137. The van der Waals surface area contributed by atoms with E-state index in [-0.39, 0.29) is 18.8 Å². The van der Waals surface area contributed by atoms with Gasteiger partial charge in [-0.15, -0.1) is 0 Å². The van der Waals surface area contributed by atoms with Gasteiger partial charge in [0, 0.05) is 5.56 Å². The second-order valence-electron chi connectivity index (χ2n) is 3.90. The highest BCUT2D eigenvalue weighted by molar-refractivity contribution is 5.87. The van der Waals surface area contributed by atoms with Crippen molar-refractivity contribution in [2.45, 2.75) is 6.54 Å². The molecule has 2 aromatic rings. The molecule has 0 radical (unpaired) electrons. The van der Waals surface area contributed by atoms with Crippen molar-refractivity contribution < 1.29 is 19.7 Å². The van der Waals surface area contributed by atoms with Crippen LogP contribution in [0.1, 0.15) is 10.5 Å². The number of nitrogens with zero attached hydrogens (tertiary/aromatic N) is 2. The van der Waals surface area contributed by atoms with Crippen LogP contribution in [0.3, 0.4) is 0 Å². The molecule has 0 aliphatic rings. The van der Waals surface area contributed by atoms with Crippen molar-refractivity contribution in [3.8, 4) is 17.0 Å². The molecule has 100 valence electrons. The van der Waals surface area contributed by atoms with E-state index in [1.165, 1.54) is 10.7 Å². The molecule has 0 saturated heterocycles. The normalized spacial score (nSPS) is 10.4. The predicted molar refractivity (Wildman–Crippen MR) is 68.3 cm³/mol. The van der Waals surface area contributed by atoms with Crippen molar-refractivity contribution in [3.63, 3.8) is 0 Å². The molecule has 1 aromatic carbocycles. The molecule has 19 heavy (non-hydrogen) atoms. The minimum atomic E-state index is -1.09. The topological polar surface area (TPSA) is 84.6 Å². The zero-order chi connectivity index (χ0) is 13.8. The Morgan fingerprint density at radius 1 is 1.37 bits per heavy atom. The van der Waals surface area contributed by atoms with Gasteiger partial charge in [-0.3, -0.25) is 4.68 Å². The molecule has 0 amide bonds. The Morgan fingerprint density at radius 3 is 2.58 bits per heavy atom. The third kappa shape index (κ3) is 2.74. The minimum Gasteiger partial charge on any atom is -0.497 e. The SMILES string of the molecule is COc1ccc(-c2cc(C(=O)O)nn2CCO)cc1. The Balaban J connectivity index is 2.43. The van der Waals surface area contributed by atoms with Crippen LogP contribution in [0.4, 0.5) is 0 Å². The fraction of sp³-hybridized carbons (Fsp3) is 0.231. The maximum Gasteiger partial charge on any atom is 0.356 e. The summed E-state index contributed by atoms with van der Waals surface area (Å²) in [7, 11) is 1.58. The summed E-state index contributed by atoms with van der Waals surface area (Å²) in [5, 5.41) is 21.9. The molecule has 2 rings (SSSR count). The average molecular weight is 262 g/mol. The summed E-state index contributed by atoms with van der Waals surface area (Å²) in [6, 6.07) is 8.68. The van der Waals surface area contributed by atoms with E-state index >= 15 is 0 Å². The van der Waals surface area contributed by atoms with Gasteiger partial charge in [0.15, 0.2) is 5.69 Å². The summed E-state index contributed by atoms with van der Waals surface area (Å²) in [5.41, 5.74) is 1.42. The van der Waals surface area contributed by atoms with Gasteiger partial charge in [0.25, 0.3) is 0 Å². The van der Waals surface area contributed by atoms with Gasteiger partial charge in [0.05, 0.1) is 26.0 Å². The molecular formula is C13H14N2O4. The maximum atomic E-state index is 10.9. The van der Waals surface area contributed by atoms with Crippen LogP contribution in [0, 0.1) is 0 Å². The minimum absolute atomic E-state index is 0.0423. The van der Waals surface area contributed by atoms with Gasteiger partial charge in [-0.25, -0.2) is 4.79 Å². The first-order valence-electron chi connectivity index (χ1n) is 5.72. The van der Waals surface area contributed by atoms with Crippen LogP contribution in [0.5, 0.6) is 5.75 Å². The summed E-state index contributed by atoms with van der Waals surface area (Å²) in [6.07, 6.45) is 0. The zero-order valence-electron chi connectivity index (χ0n) is 10.4. The van der Waals surface area contributed by atoms with Crippen molar-refractivity contribution in [1.29, 1.82) is 0 Å². The molecule has 6 nitrogen and oxygen atoms in total. The van der Waals surface area contributed by atoms with Crippen LogP contribution in [0.25, 0.3) is 11.3 Å². The number of hydrogen-bond acceptors (Lipinski definition) is 4. The van der Waals surface area contributed by atoms with E-state index in [9.17, 15) is 4.79 Å². The molecule has 0 fully saturated rings. The van der Waals surface area contributed by atoms with E-state index in [0.29, 0.717) is 5.69 Å². The van der Waals surface area contributed by atoms with Gasteiger partial charge < -0.3 is 14.9 Å². The first-order chi connectivity index (χ1) is 9.15. The zero-order valence-corrected chi connectivity index (χ0v) is 10.4. The number of rotatable bonds is 5. The van der Waals surface area contributed by atoms with Gasteiger partial charge in [-0.2, -0.15) is 5.10 Å². The number of aliphatic hydroxyl groups excluding tert-OH is 1. The third-order valence-corrected chi connectivity index (χ3v) is 2.70. The van der Waals surface area contributed by atoms with Crippen molar-refractivity contribution in [1.82, 2.24) is 9.78 Å². The Labute approximate surface area is 109 Å². The third-order valence-electron chi connectivity index (χ3n) is 2.70. The van der Waals surface area contributed by atoms with Crippen molar-refractivity contribution in [3.05, 3.63) is 36.0 Å². The Morgan fingerprint density at radius 2 is 2.05 bits per heavy atom. The number of carboxylic acid groups (broad SMARTS) is 1. The van der Waals surface area contributed by atoms with E-state index < -0.39 is 5.97 Å². The molecule has 0 atom stereocenters. The second-order valence-corrected chi connectivity index (χ2v) is 3.90. The summed E-state index contributed by atoms with van der Waals surface area (Å²) < 4.78 is 6.55. The van der Waals surface area contributed by atoms with Crippen molar-refractivity contribution in [2.24, 2.45) is 0 Å². The van der Waals surface area contributed by atoms with E-state index in [2.05, 4.69) is 5.10 Å². The second kappa shape index (κ2) is 5.53. The predicted octanol–water partition coefficient (Wildman–Crippen LogP) is 1.25. The summed E-state index contributed by atoms with van der Waals surface area (Å²) in [5.74, 6) is -0.373. The van der Waals surface area contributed by atoms with Crippen LogP contribution >= 0.6 is 0 Å². The first kappa shape index (κ1) is 13.1. The number of carboxylic acids is 1. The van der Waals surface area contributed by atoms with Crippen LogP contribution in [-0.2, 0) is 6.54 Å². The van der Waals surface area contributed by atoms with Gasteiger partial charge in [0.2, 0.25) is 0 Å². The number of aliphatic hydroxyl groups is 1. The molecule has 0 aliphatic heterocycles. The van der Waals surface area contributed by atoms with E-state index in [4.69, 9.17) is 14.9 Å². The van der Waals surface area contributed by atoms with Gasteiger partial charge >= 0.3 is 5.97 Å². The smallest absolute Gasteiger partial charge is 0.356 e. The number of ether oxygens (including phenoxy) is 1. The van der Waals surface area contributed by atoms with Gasteiger partial charge in [0.1, 0.15) is 5.75 Å². The molecule has 0 aliphatic carbocycles. The highest BCUT2D eigenvalue weighted by Crippen LogP contribution is 2.23.